The number of benzene rings is 1. The quantitative estimate of drug-likeness (QED) is 0.165. The predicted molar refractivity (Wildman–Crippen MR) is 171 cm³/mol. The molecule has 6 aromatic rings. The van der Waals surface area contributed by atoms with Gasteiger partial charge in [0.05, 0.1) is 42.7 Å². The van der Waals surface area contributed by atoms with Crippen LogP contribution < -0.4 is 9.47 Å². The maximum Gasteiger partial charge on any atom is 0.0886 e. The Bertz CT molecular complexity index is 1480. The summed E-state index contributed by atoms with van der Waals surface area (Å²) in [7, 11) is 7.83. The molecular weight excluding hydrogens is 661 g/mol. The molecule has 0 atom stereocenters. The zero-order valence-electron chi connectivity index (χ0n) is 24.1. The third-order valence-corrected chi connectivity index (χ3v) is 5.66. The maximum atomic E-state index is 5.31. The second-order valence-corrected chi connectivity index (χ2v) is 8.44. The average molecular weight is 691 g/mol. The molecule has 0 amide bonds. The number of aromatic nitrogens is 6. The van der Waals surface area contributed by atoms with E-state index in [4.69, 9.17) is 9.47 Å². The van der Waals surface area contributed by atoms with Gasteiger partial charge in [-0.3, -0.25) is 19.9 Å². The number of pyridine rings is 4. The van der Waals surface area contributed by atoms with Gasteiger partial charge in [-0.1, -0.05) is 24.3 Å². The van der Waals surface area contributed by atoms with Crippen LogP contribution in [0, 0.1) is 0 Å². The summed E-state index contributed by atoms with van der Waals surface area (Å²) in [6.07, 6.45) is 14.2. The van der Waals surface area contributed by atoms with E-state index in [0.29, 0.717) is 0 Å². The Labute approximate surface area is 271 Å². The summed E-state index contributed by atoms with van der Waals surface area (Å²) < 4.78 is 10.5. The Morgan fingerprint density at radius 1 is 0.545 bits per heavy atom. The van der Waals surface area contributed by atoms with E-state index in [-0.39, 0.29) is 0 Å². The first-order valence-corrected chi connectivity index (χ1v) is 15.4. The molecule has 1 aromatic carbocycles. The summed E-state index contributed by atoms with van der Waals surface area (Å²) in [6.45, 7) is 0. The Kier molecular flexibility index (Phi) is 15.4. The normalized spacial score (nSPS) is 9.73. The fraction of sp³-hybridized carbons (Fsp3) is 0.0588. The zero-order chi connectivity index (χ0) is 31.2. The first-order chi connectivity index (χ1) is 21.8. The van der Waals surface area contributed by atoms with Crippen molar-refractivity contribution in [2.75, 3.05) is 14.2 Å². The molecule has 6 rings (SSSR count). The first-order valence-electron chi connectivity index (χ1n) is 13.2. The summed E-state index contributed by atoms with van der Waals surface area (Å²) in [5.41, 5.74) is 5.48. The van der Waals surface area contributed by atoms with E-state index in [1.807, 2.05) is 127 Å². The van der Waals surface area contributed by atoms with Crippen LogP contribution in [0.2, 0.25) is 0 Å². The molecule has 10 heteroatoms. The van der Waals surface area contributed by atoms with Gasteiger partial charge in [0.25, 0.3) is 0 Å². The zero-order valence-corrected chi connectivity index (χ0v) is 26.6. The summed E-state index contributed by atoms with van der Waals surface area (Å²) in [6, 6.07) is 30.7. The molecule has 0 aliphatic heterocycles. The number of hydrogen-bond acceptors (Lipinski definition) is 8. The number of nitrogens with zero attached hydrogens (tertiary/aromatic N) is 6. The van der Waals surface area contributed by atoms with Crippen LogP contribution in [-0.2, 0) is 17.3 Å². The number of halogens is 1. The van der Waals surface area contributed by atoms with Crippen LogP contribution in [0.4, 0.5) is 0 Å². The van der Waals surface area contributed by atoms with E-state index in [2.05, 4.69) is 39.6 Å². The van der Waals surface area contributed by atoms with Crippen molar-refractivity contribution in [2.45, 2.75) is 0 Å². The molecule has 223 valence electrons. The Balaban J connectivity index is 0.000000180. The first kappa shape index (κ1) is 33.7. The fourth-order valence-electron chi connectivity index (χ4n) is 3.59. The minimum absolute atomic E-state index is 0.764. The molecule has 5 aromatic heterocycles. The minimum Gasteiger partial charge on any atom is -0.255 e. The van der Waals surface area contributed by atoms with Gasteiger partial charge in [-0.05, 0) is 78.9 Å². The second kappa shape index (κ2) is 20.1. The Morgan fingerprint density at radius 3 is 1.41 bits per heavy atom. The molecule has 0 radical (unpaired) electrons. The topological polar surface area (TPSA) is 95.8 Å². The van der Waals surface area contributed by atoms with Crippen molar-refractivity contribution in [1.29, 1.82) is 0 Å². The van der Waals surface area contributed by atoms with Crippen LogP contribution in [0.1, 0.15) is 11.3 Å². The third kappa shape index (κ3) is 11.4. The number of ether oxygens (including phenoxy) is 2. The van der Waals surface area contributed by atoms with E-state index < -0.39 is 0 Å². The molecule has 0 bridgehead atoms. The monoisotopic (exact) mass is 691 g/mol. The van der Waals surface area contributed by atoms with Gasteiger partial charge in [-0.25, -0.2) is 9.97 Å². The molecule has 0 fully saturated rings. The fourth-order valence-corrected chi connectivity index (χ4v) is 3.59. The van der Waals surface area contributed by atoms with Crippen LogP contribution in [0.3, 0.4) is 0 Å². The van der Waals surface area contributed by atoms with Gasteiger partial charge in [0.2, 0.25) is 0 Å². The molecule has 0 saturated carbocycles. The van der Waals surface area contributed by atoms with E-state index in [0.717, 1.165) is 45.5 Å². The van der Waals surface area contributed by atoms with Gasteiger partial charge in [0.15, 0.2) is 0 Å². The van der Waals surface area contributed by atoms with Crippen molar-refractivity contribution in [3.8, 4) is 34.3 Å². The van der Waals surface area contributed by atoms with Crippen molar-refractivity contribution >= 4 is 21.8 Å². The molecule has 0 aliphatic rings. The molecule has 0 N–H and O–H groups in total. The number of methoxy groups -OCH3 is 2. The Morgan fingerprint density at radius 2 is 1.05 bits per heavy atom. The van der Waals surface area contributed by atoms with Gasteiger partial charge >= 0.3 is 27.0 Å². The predicted octanol–water partition coefficient (Wildman–Crippen LogP) is 7.64. The molecule has 5 heterocycles. The third-order valence-electron chi connectivity index (χ3n) is 5.66. The van der Waals surface area contributed by atoms with E-state index >= 15 is 0 Å². The molecule has 0 aliphatic carbocycles. The molecule has 0 saturated heterocycles. The summed E-state index contributed by atoms with van der Waals surface area (Å²) in [5.74, 6) is 1.53. The smallest absolute Gasteiger partial charge is 0.0886 e. The van der Waals surface area contributed by atoms with E-state index in [1.54, 1.807) is 45.2 Å². The van der Waals surface area contributed by atoms with Crippen LogP contribution in [0.15, 0.2) is 134 Å². The average Bonchev–Trinajstić information content (AvgIpc) is 3.14. The minimum atomic E-state index is 0.764. The van der Waals surface area contributed by atoms with E-state index in [9.17, 15) is 0 Å². The molecule has 0 unspecified atom stereocenters. The SMILES string of the molecule is COc1ccc(/C=C/c2ccncn2)c(OC)c1.[Cl][Ru].c1ccc(-c2ccccn2)nc1.c1ccc(-c2ccccn2)nc1. The molecule has 0 spiro atoms. The van der Waals surface area contributed by atoms with Crippen molar-refractivity contribution < 1.29 is 26.8 Å². The second-order valence-electron chi connectivity index (χ2n) is 8.44. The summed E-state index contributed by atoms with van der Waals surface area (Å²) in [4.78, 5) is 24.7. The molecule has 8 nitrogen and oxygen atoms in total. The number of rotatable bonds is 6. The summed E-state index contributed by atoms with van der Waals surface area (Å²) >= 11 is 1.82. The van der Waals surface area contributed by atoms with Crippen LogP contribution in [-0.4, -0.2) is 44.1 Å². The van der Waals surface area contributed by atoms with Crippen LogP contribution >= 0.6 is 9.69 Å². The van der Waals surface area contributed by atoms with Crippen molar-refractivity contribution in [1.82, 2.24) is 29.9 Å². The van der Waals surface area contributed by atoms with Gasteiger partial charge in [0.1, 0.15) is 17.8 Å². The molecule has 44 heavy (non-hydrogen) atoms. The standard InChI is InChI=1S/C14H14N2O2.2C10H8N2.ClH.Ru/c1-17-13-6-4-11(14(9-13)18-2)3-5-12-7-8-15-10-16-12;2*1-3-7-11-9(5-1)10-6-2-4-8-12-10;;/h3-10H,1-2H3;2*1-8H;1H;/q;;;;+1/p-1/b5-3+;;;;. The largest absolute Gasteiger partial charge is 0.255 e. The van der Waals surface area contributed by atoms with Gasteiger partial charge in [-0.15, -0.1) is 0 Å². The van der Waals surface area contributed by atoms with Crippen LogP contribution in [0.5, 0.6) is 11.5 Å². The van der Waals surface area contributed by atoms with Gasteiger partial charge < -0.3 is 9.47 Å². The van der Waals surface area contributed by atoms with E-state index in [1.165, 1.54) is 6.33 Å². The number of hydrogen-bond donors (Lipinski definition) is 0. The van der Waals surface area contributed by atoms with Crippen molar-refractivity contribution in [3.63, 3.8) is 0 Å². The van der Waals surface area contributed by atoms with Crippen molar-refractivity contribution in [3.05, 3.63) is 146 Å². The van der Waals surface area contributed by atoms with Gasteiger partial charge in [0, 0.05) is 42.6 Å². The van der Waals surface area contributed by atoms with Gasteiger partial charge in [-0.2, -0.15) is 0 Å². The Hall–Kier alpha value is -4.85. The molecular formula is C34H30ClN6O2Ru. The maximum absolute atomic E-state index is 5.31. The van der Waals surface area contributed by atoms with Crippen molar-refractivity contribution in [2.24, 2.45) is 0 Å². The summed E-state index contributed by atoms with van der Waals surface area (Å²) in [5, 5.41) is 0. The van der Waals surface area contributed by atoms with Crippen LogP contribution in [0.25, 0.3) is 34.9 Å².